The van der Waals surface area contributed by atoms with Gasteiger partial charge in [0.15, 0.2) is 11.4 Å². The predicted molar refractivity (Wildman–Crippen MR) is 144 cm³/mol. The van der Waals surface area contributed by atoms with E-state index in [4.69, 9.17) is 9.15 Å². The molecule has 3 aliphatic rings. The van der Waals surface area contributed by atoms with Gasteiger partial charge >= 0.3 is 6.03 Å². The highest BCUT2D eigenvalue weighted by Gasteiger charge is 2.53. The van der Waals surface area contributed by atoms with Gasteiger partial charge in [0.05, 0.1) is 13.7 Å². The summed E-state index contributed by atoms with van der Waals surface area (Å²) < 4.78 is 11.4. The molecule has 2 fully saturated rings. The largest absolute Gasteiger partial charge is 0.497 e. The maximum Gasteiger partial charge on any atom is 0.322 e. The number of imide groups is 1. The number of amides is 4. The molecule has 4 heterocycles. The molecule has 12 heteroatoms. The lowest BCUT2D eigenvalue weighted by Crippen LogP contribution is -2.52. The number of furan rings is 1. The Morgan fingerprint density at radius 3 is 2.70 bits per heavy atom. The fraction of sp³-hybridized carbons (Fsp3) is 0.357. The average Bonchev–Trinajstić information content (AvgIpc) is 3.71. The molecule has 208 valence electrons. The molecule has 6 rings (SSSR count). The van der Waals surface area contributed by atoms with Gasteiger partial charge in [-0.2, -0.15) is 0 Å². The number of carbonyl (C=O) groups is 3. The number of fused-ring (bicyclic) bond motifs is 2. The maximum absolute atomic E-state index is 13.3. The number of nitrogens with one attached hydrogen (secondary N) is 2. The minimum absolute atomic E-state index is 0.129. The highest BCUT2D eigenvalue weighted by Crippen LogP contribution is 2.35. The van der Waals surface area contributed by atoms with Gasteiger partial charge in [-0.1, -0.05) is 11.2 Å². The van der Waals surface area contributed by atoms with Crippen LogP contribution >= 0.6 is 0 Å². The van der Waals surface area contributed by atoms with Crippen LogP contribution in [-0.4, -0.2) is 90.5 Å². The van der Waals surface area contributed by atoms with Crippen LogP contribution in [0.15, 0.2) is 52.0 Å². The van der Waals surface area contributed by atoms with Gasteiger partial charge in [0, 0.05) is 42.2 Å². The lowest BCUT2D eigenvalue weighted by Gasteiger charge is -2.29. The number of urea groups is 1. The number of hydrogen-bond acceptors (Lipinski definition) is 8. The lowest BCUT2D eigenvalue weighted by molar-refractivity contribution is -0.125. The van der Waals surface area contributed by atoms with Crippen LogP contribution in [0.2, 0.25) is 0 Å². The molecule has 2 atom stereocenters. The molecule has 0 spiro atoms. The van der Waals surface area contributed by atoms with Crippen molar-refractivity contribution < 1.29 is 28.7 Å². The zero-order chi connectivity index (χ0) is 28.2. The Kier molecular flexibility index (Phi) is 6.14. The number of hydrogen-bond donors (Lipinski definition) is 3. The first-order valence-electron chi connectivity index (χ1n) is 13.0. The van der Waals surface area contributed by atoms with Crippen LogP contribution in [-0.2, 0) is 16.9 Å². The third-order valence-electron chi connectivity index (χ3n) is 8.05. The van der Waals surface area contributed by atoms with E-state index in [1.807, 2.05) is 31.1 Å². The molecule has 2 aromatic carbocycles. The minimum atomic E-state index is -1.63. The molecule has 12 nitrogen and oxygen atoms in total. The Hall–Kier alpha value is -4.58. The van der Waals surface area contributed by atoms with Crippen LogP contribution in [0.25, 0.3) is 11.0 Å². The summed E-state index contributed by atoms with van der Waals surface area (Å²) in [6.07, 6.45) is 0.952. The second kappa shape index (κ2) is 9.56. The minimum Gasteiger partial charge on any atom is -0.497 e. The van der Waals surface area contributed by atoms with E-state index in [1.165, 1.54) is 12.0 Å². The summed E-state index contributed by atoms with van der Waals surface area (Å²) in [6.45, 7) is 1.63. The highest BCUT2D eigenvalue weighted by molar-refractivity contribution is 6.08. The monoisotopic (exact) mass is 546 g/mol. The van der Waals surface area contributed by atoms with Crippen LogP contribution in [0.3, 0.4) is 0 Å². The van der Waals surface area contributed by atoms with Crippen LogP contribution in [0, 0.1) is 0 Å². The van der Waals surface area contributed by atoms with E-state index in [-0.39, 0.29) is 24.8 Å². The first kappa shape index (κ1) is 25.7. The van der Waals surface area contributed by atoms with Crippen molar-refractivity contribution in [2.45, 2.75) is 24.5 Å². The zero-order valence-corrected chi connectivity index (χ0v) is 22.4. The molecule has 2 saturated heterocycles. The van der Waals surface area contributed by atoms with E-state index in [1.54, 1.807) is 30.3 Å². The summed E-state index contributed by atoms with van der Waals surface area (Å²) in [5, 5.41) is 19.1. The second-order valence-corrected chi connectivity index (χ2v) is 10.6. The molecule has 0 bridgehead atoms. The van der Waals surface area contributed by atoms with Crippen molar-refractivity contribution in [3.05, 3.63) is 64.9 Å². The molecule has 0 aliphatic carbocycles. The predicted octanol–water partition coefficient (Wildman–Crippen LogP) is 1.90. The standard InChI is InChI=1S/C28H30N6O6/c1-32(2)19-8-9-33(14-19)24(31-38)16-5-7-22-18(10-16)11-23(40-22)28(26(36)29-27(37)30-28)15-34-13-17-4-6-20(39-3)12-21(17)25(34)35/h4-7,10-12,19,38H,8-9,13-15H2,1-3H3,(H2,29,30,36,37)/b31-24-/t19-,28-/m0/s1. The summed E-state index contributed by atoms with van der Waals surface area (Å²) in [5.74, 6) is 0.321. The molecule has 0 unspecified atom stereocenters. The number of likely N-dealkylation sites (tertiary alicyclic amines) is 1. The van der Waals surface area contributed by atoms with Crippen LogP contribution < -0.4 is 15.4 Å². The summed E-state index contributed by atoms with van der Waals surface area (Å²) in [7, 11) is 5.59. The molecule has 3 N–H and O–H groups in total. The van der Waals surface area contributed by atoms with E-state index >= 15 is 0 Å². The van der Waals surface area contributed by atoms with E-state index in [2.05, 4.69) is 20.7 Å². The number of likely N-dealkylation sites (N-methyl/N-ethyl adjacent to an activating group) is 1. The topological polar surface area (TPSA) is 140 Å². The zero-order valence-electron chi connectivity index (χ0n) is 22.4. The van der Waals surface area contributed by atoms with Crippen molar-refractivity contribution in [2.75, 3.05) is 40.8 Å². The maximum atomic E-state index is 13.3. The van der Waals surface area contributed by atoms with Gasteiger partial charge in [0.25, 0.3) is 11.8 Å². The highest BCUT2D eigenvalue weighted by atomic mass is 16.5. The Labute approximate surface area is 230 Å². The number of oxime groups is 1. The summed E-state index contributed by atoms with van der Waals surface area (Å²) in [4.78, 5) is 44.6. The van der Waals surface area contributed by atoms with Crippen molar-refractivity contribution >= 4 is 34.7 Å². The Morgan fingerprint density at radius 2 is 2.02 bits per heavy atom. The quantitative estimate of drug-likeness (QED) is 0.140. The molecular weight excluding hydrogens is 516 g/mol. The third kappa shape index (κ3) is 4.11. The average molecular weight is 547 g/mol. The van der Waals surface area contributed by atoms with Crippen molar-refractivity contribution in [3.8, 4) is 5.75 Å². The van der Waals surface area contributed by atoms with Crippen LogP contribution in [0.5, 0.6) is 5.75 Å². The Balaban J connectivity index is 1.32. The molecule has 4 amide bonds. The third-order valence-corrected chi connectivity index (χ3v) is 8.05. The van der Waals surface area contributed by atoms with E-state index in [0.717, 1.165) is 25.1 Å². The molecule has 3 aromatic rings. The van der Waals surface area contributed by atoms with Crippen LogP contribution in [0.4, 0.5) is 4.79 Å². The number of ether oxygens (including phenoxy) is 1. The van der Waals surface area contributed by atoms with E-state index in [9.17, 15) is 19.6 Å². The normalized spacial score (nSPS) is 22.9. The number of amidine groups is 1. The van der Waals surface area contributed by atoms with Gasteiger partial charge < -0.3 is 34.4 Å². The number of methoxy groups -OCH3 is 1. The smallest absolute Gasteiger partial charge is 0.322 e. The summed E-state index contributed by atoms with van der Waals surface area (Å²) >= 11 is 0. The van der Waals surface area contributed by atoms with Crippen molar-refractivity contribution in [2.24, 2.45) is 5.16 Å². The van der Waals surface area contributed by atoms with Gasteiger partial charge in [-0.25, -0.2) is 4.79 Å². The first-order valence-corrected chi connectivity index (χ1v) is 13.0. The summed E-state index contributed by atoms with van der Waals surface area (Å²) in [5.41, 5.74) is 0.837. The lowest BCUT2D eigenvalue weighted by atomic mass is 9.95. The second-order valence-electron chi connectivity index (χ2n) is 10.6. The number of carbonyl (C=O) groups excluding carboxylic acids is 3. The number of nitrogens with zero attached hydrogens (tertiary/aromatic N) is 4. The molecule has 0 saturated carbocycles. The van der Waals surface area contributed by atoms with Gasteiger partial charge in [-0.05, 0) is 62.5 Å². The summed E-state index contributed by atoms with van der Waals surface area (Å²) in [6, 6.07) is 12.0. The molecule has 40 heavy (non-hydrogen) atoms. The van der Waals surface area contributed by atoms with E-state index in [0.29, 0.717) is 39.7 Å². The molecular formula is C28H30N6O6. The van der Waals surface area contributed by atoms with Crippen LogP contribution in [0.1, 0.15) is 33.7 Å². The van der Waals surface area contributed by atoms with E-state index < -0.39 is 17.5 Å². The van der Waals surface area contributed by atoms with Gasteiger partial charge in [-0.15, -0.1) is 0 Å². The fourth-order valence-corrected chi connectivity index (χ4v) is 5.79. The number of benzene rings is 2. The van der Waals surface area contributed by atoms with Gasteiger partial charge in [-0.3, -0.25) is 14.9 Å². The molecule has 3 aliphatic heterocycles. The molecule has 1 aromatic heterocycles. The fourth-order valence-electron chi connectivity index (χ4n) is 5.79. The number of rotatable bonds is 6. The first-order chi connectivity index (χ1) is 19.2. The van der Waals surface area contributed by atoms with Gasteiger partial charge in [0.2, 0.25) is 0 Å². The Bertz CT molecular complexity index is 1560. The Morgan fingerprint density at radius 1 is 1.20 bits per heavy atom. The van der Waals surface area contributed by atoms with Gasteiger partial charge in [0.1, 0.15) is 17.1 Å². The van der Waals surface area contributed by atoms with Crippen molar-refractivity contribution in [3.63, 3.8) is 0 Å². The van der Waals surface area contributed by atoms with Crippen molar-refractivity contribution in [1.29, 1.82) is 0 Å². The SMILES string of the molecule is COc1ccc2c(c1)C(=O)N(C[C@@]1(c3cc4cc(/C(=N/O)N5CC[C@H](N(C)C)C5)ccc4o3)NC(=O)NC1=O)C2. The molecule has 0 radical (unpaired) electrons. The van der Waals surface area contributed by atoms with Crippen molar-refractivity contribution in [1.82, 2.24) is 25.3 Å².